The number of H-pyrrole nitrogens is 2. The first-order valence-electron chi connectivity index (χ1n) is 12.4. The van der Waals surface area contributed by atoms with Crippen molar-refractivity contribution in [1.82, 2.24) is 35.3 Å². The second kappa shape index (κ2) is 11.1. The molecule has 2 aromatic heterocycles. The Morgan fingerprint density at radius 2 is 1.82 bits per heavy atom. The van der Waals surface area contributed by atoms with E-state index >= 15 is 0 Å². The average molecular weight is 523 g/mol. The molecule has 1 aliphatic rings. The van der Waals surface area contributed by atoms with E-state index in [0.717, 1.165) is 51.3 Å². The maximum absolute atomic E-state index is 14.0. The molecule has 0 spiro atoms. The van der Waals surface area contributed by atoms with E-state index in [1.54, 1.807) is 18.2 Å². The molecule has 4 N–H and O–H groups in total. The van der Waals surface area contributed by atoms with Crippen molar-refractivity contribution in [3.8, 4) is 11.5 Å². The number of rotatable bonds is 8. The Balaban J connectivity index is 1.23. The van der Waals surface area contributed by atoms with Crippen molar-refractivity contribution in [3.63, 3.8) is 0 Å². The fourth-order valence-corrected chi connectivity index (χ4v) is 4.41. The van der Waals surface area contributed by atoms with Crippen LogP contribution in [0.2, 0.25) is 0 Å². The summed E-state index contributed by atoms with van der Waals surface area (Å²) in [4.78, 5) is 37.5. The van der Waals surface area contributed by atoms with Gasteiger partial charge in [-0.3, -0.25) is 14.7 Å². The summed E-state index contributed by atoms with van der Waals surface area (Å²) >= 11 is 0. The Morgan fingerprint density at radius 1 is 1.05 bits per heavy atom. The van der Waals surface area contributed by atoms with Gasteiger partial charge in [0.25, 0.3) is 11.8 Å². The van der Waals surface area contributed by atoms with Gasteiger partial charge in [0, 0.05) is 38.3 Å². The Bertz CT molecular complexity index is 1440. The van der Waals surface area contributed by atoms with Gasteiger partial charge in [0.15, 0.2) is 5.82 Å². The molecule has 198 valence electrons. The van der Waals surface area contributed by atoms with Crippen LogP contribution in [-0.4, -0.2) is 88.1 Å². The number of amides is 2. The molecule has 2 amide bonds. The van der Waals surface area contributed by atoms with Crippen LogP contribution in [-0.2, 0) is 0 Å². The largest absolute Gasteiger partial charge is 0.352 e. The van der Waals surface area contributed by atoms with Gasteiger partial charge in [-0.15, -0.1) is 0 Å². The second-order valence-electron chi connectivity index (χ2n) is 9.28. The molecular formula is C26H28F2N8O2. The quantitative estimate of drug-likeness (QED) is 0.264. The zero-order valence-electron chi connectivity index (χ0n) is 20.9. The number of fused-ring (bicyclic) bond motifs is 1. The van der Waals surface area contributed by atoms with Crippen LogP contribution in [0.25, 0.3) is 22.6 Å². The van der Waals surface area contributed by atoms with Crippen LogP contribution in [0.5, 0.6) is 0 Å². The molecule has 0 unspecified atom stereocenters. The summed E-state index contributed by atoms with van der Waals surface area (Å²) in [6, 6.07) is 8.31. The maximum Gasteiger partial charge on any atom is 0.261 e. The smallest absolute Gasteiger partial charge is 0.261 e. The van der Waals surface area contributed by atoms with Crippen LogP contribution < -0.4 is 10.6 Å². The number of carbonyl (C=O) groups is 2. The van der Waals surface area contributed by atoms with Gasteiger partial charge in [0.2, 0.25) is 0 Å². The fraction of sp³-hybridized carbons (Fsp3) is 0.308. The van der Waals surface area contributed by atoms with Crippen LogP contribution in [0.1, 0.15) is 27.1 Å². The summed E-state index contributed by atoms with van der Waals surface area (Å²) in [5, 5.41) is 12.1. The summed E-state index contributed by atoms with van der Waals surface area (Å²) in [6.07, 6.45) is 2.19. The molecule has 1 saturated heterocycles. The molecule has 38 heavy (non-hydrogen) atoms. The Hall–Kier alpha value is -4.16. The van der Waals surface area contributed by atoms with Gasteiger partial charge in [-0.2, -0.15) is 5.10 Å². The number of carbonyl (C=O) groups excluding carboxylic acids is 2. The van der Waals surface area contributed by atoms with Gasteiger partial charge < -0.3 is 25.4 Å². The van der Waals surface area contributed by atoms with Crippen LogP contribution in [0.15, 0.2) is 42.6 Å². The van der Waals surface area contributed by atoms with E-state index in [0.29, 0.717) is 34.7 Å². The molecule has 0 saturated carbocycles. The number of hydrogen-bond acceptors (Lipinski definition) is 6. The second-order valence-corrected chi connectivity index (χ2v) is 9.28. The first-order valence-corrected chi connectivity index (χ1v) is 12.4. The first-order chi connectivity index (χ1) is 18.4. The van der Waals surface area contributed by atoms with E-state index in [1.165, 1.54) is 12.3 Å². The topological polar surface area (TPSA) is 122 Å². The van der Waals surface area contributed by atoms with E-state index in [4.69, 9.17) is 0 Å². The van der Waals surface area contributed by atoms with Gasteiger partial charge in [-0.05, 0) is 50.3 Å². The number of halogens is 2. The maximum atomic E-state index is 14.0. The van der Waals surface area contributed by atoms with Crippen LogP contribution >= 0.6 is 0 Å². The van der Waals surface area contributed by atoms with Crippen molar-refractivity contribution in [3.05, 3.63) is 65.4 Å². The molecule has 4 aromatic rings. The highest BCUT2D eigenvalue weighted by Crippen LogP contribution is 2.27. The summed E-state index contributed by atoms with van der Waals surface area (Å²) in [6.45, 7) is 5.75. The summed E-state index contributed by atoms with van der Waals surface area (Å²) in [5.41, 5.74) is 1.51. The van der Waals surface area contributed by atoms with Gasteiger partial charge in [0.05, 0.1) is 22.9 Å². The number of benzene rings is 2. The van der Waals surface area contributed by atoms with Crippen molar-refractivity contribution in [2.24, 2.45) is 0 Å². The van der Waals surface area contributed by atoms with Gasteiger partial charge in [-0.25, -0.2) is 13.8 Å². The lowest BCUT2D eigenvalue weighted by molar-refractivity contribution is 0.0948. The van der Waals surface area contributed by atoms with E-state index < -0.39 is 23.1 Å². The number of aromatic nitrogens is 4. The number of anilines is 1. The minimum absolute atomic E-state index is 0.178. The van der Waals surface area contributed by atoms with Crippen molar-refractivity contribution in [2.75, 3.05) is 51.6 Å². The Labute approximate surface area is 217 Å². The lowest BCUT2D eigenvalue weighted by Crippen LogP contribution is -2.45. The normalized spacial score (nSPS) is 14.6. The predicted octanol–water partition coefficient (Wildman–Crippen LogP) is 2.85. The lowest BCUT2D eigenvalue weighted by Gasteiger charge is -2.32. The summed E-state index contributed by atoms with van der Waals surface area (Å²) < 4.78 is 28.0. The first kappa shape index (κ1) is 25.5. The molecule has 5 rings (SSSR count). The Morgan fingerprint density at radius 3 is 2.58 bits per heavy atom. The molecule has 0 atom stereocenters. The zero-order valence-corrected chi connectivity index (χ0v) is 20.9. The molecule has 1 fully saturated rings. The van der Waals surface area contributed by atoms with E-state index in [2.05, 4.69) is 47.6 Å². The SMILES string of the molecule is CN1CCN(CCCNC(=O)c2ccc3nc(-c4[nH]ncc4NC(=O)c4c(F)cccc4F)[nH]c3c2)CC1. The monoisotopic (exact) mass is 522 g/mol. The molecule has 0 aliphatic carbocycles. The number of hydrogen-bond donors (Lipinski definition) is 4. The highest BCUT2D eigenvalue weighted by Gasteiger charge is 2.21. The third-order valence-corrected chi connectivity index (χ3v) is 6.59. The van der Waals surface area contributed by atoms with E-state index in [-0.39, 0.29) is 11.6 Å². The highest BCUT2D eigenvalue weighted by molar-refractivity contribution is 6.06. The summed E-state index contributed by atoms with van der Waals surface area (Å²) in [7, 11) is 2.12. The minimum atomic E-state index is -0.971. The van der Waals surface area contributed by atoms with E-state index in [9.17, 15) is 18.4 Å². The van der Waals surface area contributed by atoms with Gasteiger partial charge >= 0.3 is 0 Å². The van der Waals surface area contributed by atoms with Crippen molar-refractivity contribution in [1.29, 1.82) is 0 Å². The van der Waals surface area contributed by atoms with Gasteiger partial charge in [0.1, 0.15) is 22.9 Å². The molecular weight excluding hydrogens is 494 g/mol. The third kappa shape index (κ3) is 5.55. The standard InChI is InChI=1S/C26H28F2N8O2/c1-35-10-12-36(13-11-35)9-3-8-29-25(37)16-6-7-19-20(14-16)32-24(31-19)23-21(15-30-34-23)33-26(38)22-17(27)4-2-5-18(22)28/h2,4-7,14-15H,3,8-13H2,1H3,(H,29,37)(H,30,34)(H,31,32)(H,33,38). The molecule has 10 nitrogen and oxygen atoms in total. The highest BCUT2D eigenvalue weighted by atomic mass is 19.1. The van der Waals surface area contributed by atoms with E-state index in [1.807, 2.05) is 0 Å². The number of likely N-dealkylation sites (N-methyl/N-ethyl adjacent to an activating group) is 1. The fourth-order valence-electron chi connectivity index (χ4n) is 4.41. The van der Waals surface area contributed by atoms with Crippen molar-refractivity contribution >= 4 is 28.5 Å². The molecule has 3 heterocycles. The molecule has 0 bridgehead atoms. The van der Waals surface area contributed by atoms with Crippen molar-refractivity contribution in [2.45, 2.75) is 6.42 Å². The number of imidazole rings is 1. The molecule has 0 radical (unpaired) electrons. The van der Waals surface area contributed by atoms with Crippen LogP contribution in [0.3, 0.4) is 0 Å². The number of nitrogens with one attached hydrogen (secondary N) is 4. The van der Waals surface area contributed by atoms with Crippen LogP contribution in [0, 0.1) is 11.6 Å². The Kier molecular flexibility index (Phi) is 7.43. The number of aromatic amines is 2. The summed E-state index contributed by atoms with van der Waals surface area (Å²) in [5.74, 6) is -2.73. The minimum Gasteiger partial charge on any atom is -0.352 e. The molecule has 12 heteroatoms. The van der Waals surface area contributed by atoms with Crippen LogP contribution in [0.4, 0.5) is 14.5 Å². The number of nitrogens with zero attached hydrogens (tertiary/aromatic N) is 4. The zero-order chi connectivity index (χ0) is 26.6. The lowest BCUT2D eigenvalue weighted by atomic mass is 10.2. The third-order valence-electron chi connectivity index (χ3n) is 6.59. The molecule has 1 aliphatic heterocycles. The number of piperazine rings is 1. The van der Waals surface area contributed by atoms with Crippen molar-refractivity contribution < 1.29 is 18.4 Å². The molecule has 2 aromatic carbocycles. The van der Waals surface area contributed by atoms with Gasteiger partial charge in [-0.1, -0.05) is 6.07 Å². The predicted molar refractivity (Wildman–Crippen MR) is 139 cm³/mol. The average Bonchev–Trinajstić information content (AvgIpc) is 3.53.